The van der Waals surface area contributed by atoms with E-state index in [2.05, 4.69) is 10.2 Å². The maximum Gasteiger partial charge on any atom is 0.357 e. The van der Waals surface area contributed by atoms with Crippen LogP contribution in [0.3, 0.4) is 0 Å². The van der Waals surface area contributed by atoms with E-state index in [9.17, 15) is 10.1 Å². The SMILES string of the molecule is CCOC(=O)c1[nH]nc2oc(=N)c(C#N)c(-c3ccco3)c12. The van der Waals surface area contributed by atoms with E-state index in [1.165, 1.54) is 6.26 Å². The number of furan rings is 1. The van der Waals surface area contributed by atoms with Gasteiger partial charge in [0.25, 0.3) is 0 Å². The highest BCUT2D eigenvalue weighted by atomic mass is 16.5. The number of esters is 1. The summed E-state index contributed by atoms with van der Waals surface area (Å²) in [6.45, 7) is 1.87. The van der Waals surface area contributed by atoms with Gasteiger partial charge >= 0.3 is 5.97 Å². The number of carbonyl (C=O) groups excluding carboxylic acids is 1. The molecule has 0 fully saturated rings. The quantitative estimate of drug-likeness (QED) is 0.711. The molecule has 0 bridgehead atoms. The molecule has 0 amide bonds. The van der Waals surface area contributed by atoms with E-state index in [1.54, 1.807) is 19.1 Å². The molecule has 3 aromatic rings. The number of nitrogens with one attached hydrogen (secondary N) is 2. The Morgan fingerprint density at radius 3 is 3.05 bits per heavy atom. The first-order valence-electron chi connectivity index (χ1n) is 6.38. The van der Waals surface area contributed by atoms with E-state index in [4.69, 9.17) is 19.0 Å². The van der Waals surface area contributed by atoms with E-state index < -0.39 is 5.97 Å². The zero-order valence-electron chi connectivity index (χ0n) is 11.5. The molecule has 3 heterocycles. The number of aromatic nitrogens is 2. The van der Waals surface area contributed by atoms with Crippen LogP contribution in [-0.4, -0.2) is 22.8 Å². The minimum atomic E-state index is -0.630. The number of H-pyrrole nitrogens is 1. The Bertz CT molecular complexity index is 944. The van der Waals surface area contributed by atoms with Gasteiger partial charge in [0, 0.05) is 0 Å². The monoisotopic (exact) mass is 298 g/mol. The molecule has 0 aromatic carbocycles. The number of carbonyl (C=O) groups is 1. The first kappa shape index (κ1) is 13.6. The Hall–Kier alpha value is -3.34. The molecule has 0 spiro atoms. The lowest BCUT2D eigenvalue weighted by Gasteiger charge is -2.04. The largest absolute Gasteiger partial charge is 0.464 e. The third kappa shape index (κ3) is 1.96. The highest BCUT2D eigenvalue weighted by Crippen LogP contribution is 2.32. The van der Waals surface area contributed by atoms with Crippen LogP contribution in [-0.2, 0) is 4.74 Å². The fraction of sp³-hybridized carbons (Fsp3) is 0.143. The zero-order chi connectivity index (χ0) is 15.7. The van der Waals surface area contributed by atoms with Gasteiger partial charge < -0.3 is 13.6 Å². The number of fused-ring (bicyclic) bond motifs is 1. The molecule has 3 aromatic heterocycles. The summed E-state index contributed by atoms with van der Waals surface area (Å²) in [5.74, 6) is -0.299. The van der Waals surface area contributed by atoms with Crippen LogP contribution in [0.25, 0.3) is 22.4 Å². The predicted octanol–water partition coefficient (Wildman–Crippen LogP) is 1.94. The van der Waals surface area contributed by atoms with E-state index in [-0.39, 0.29) is 40.1 Å². The Balaban J connectivity index is 2.42. The van der Waals surface area contributed by atoms with Crippen molar-refractivity contribution in [2.24, 2.45) is 0 Å². The van der Waals surface area contributed by atoms with Gasteiger partial charge in [-0.1, -0.05) is 0 Å². The van der Waals surface area contributed by atoms with Gasteiger partial charge in [-0.25, -0.2) is 4.79 Å². The Morgan fingerprint density at radius 1 is 1.59 bits per heavy atom. The zero-order valence-corrected chi connectivity index (χ0v) is 11.5. The molecule has 8 nitrogen and oxygen atoms in total. The molecular weight excluding hydrogens is 288 g/mol. The third-order valence-corrected chi connectivity index (χ3v) is 3.02. The van der Waals surface area contributed by atoms with Crippen LogP contribution >= 0.6 is 0 Å². The molecule has 0 aliphatic heterocycles. The van der Waals surface area contributed by atoms with Crippen LogP contribution in [0.5, 0.6) is 0 Å². The van der Waals surface area contributed by atoms with Gasteiger partial charge in [-0.3, -0.25) is 10.5 Å². The molecule has 0 saturated carbocycles. The summed E-state index contributed by atoms with van der Waals surface area (Å²) < 4.78 is 15.5. The first-order chi connectivity index (χ1) is 10.7. The van der Waals surface area contributed by atoms with Crippen molar-refractivity contribution in [2.45, 2.75) is 6.92 Å². The Morgan fingerprint density at radius 2 is 2.41 bits per heavy atom. The summed E-state index contributed by atoms with van der Waals surface area (Å²) in [5.41, 5.74) is -0.0600. The molecule has 8 heteroatoms. The second kappa shape index (κ2) is 5.21. The molecule has 22 heavy (non-hydrogen) atoms. The maximum atomic E-state index is 12.0. The molecule has 0 radical (unpaired) electrons. The minimum absolute atomic E-state index is 0.0263. The smallest absolute Gasteiger partial charge is 0.357 e. The van der Waals surface area contributed by atoms with Crippen LogP contribution in [0.1, 0.15) is 23.0 Å². The molecular formula is C14H10N4O4. The van der Waals surface area contributed by atoms with Gasteiger partial charge in [-0.05, 0) is 19.1 Å². The number of nitrogens with zero attached hydrogens (tertiary/aromatic N) is 2. The summed E-state index contributed by atoms with van der Waals surface area (Å²) in [4.78, 5) is 12.0. The maximum absolute atomic E-state index is 12.0. The summed E-state index contributed by atoms with van der Waals surface area (Å²) >= 11 is 0. The van der Waals surface area contributed by atoms with E-state index in [0.29, 0.717) is 5.76 Å². The summed E-state index contributed by atoms with van der Waals surface area (Å²) in [7, 11) is 0. The van der Waals surface area contributed by atoms with Crippen LogP contribution in [0.4, 0.5) is 0 Å². The Labute approximate surface area is 123 Å². The minimum Gasteiger partial charge on any atom is -0.464 e. The average molecular weight is 298 g/mol. The third-order valence-electron chi connectivity index (χ3n) is 3.02. The second-order valence-corrected chi connectivity index (χ2v) is 4.27. The van der Waals surface area contributed by atoms with E-state index >= 15 is 0 Å². The van der Waals surface area contributed by atoms with Crippen LogP contribution in [0.2, 0.25) is 0 Å². The highest BCUT2D eigenvalue weighted by Gasteiger charge is 2.25. The van der Waals surface area contributed by atoms with Gasteiger partial charge in [0.05, 0.1) is 23.8 Å². The van der Waals surface area contributed by atoms with Crippen LogP contribution in [0.15, 0.2) is 27.2 Å². The summed E-state index contributed by atoms with van der Waals surface area (Å²) in [5, 5.41) is 23.7. The number of ether oxygens (including phenoxy) is 1. The van der Waals surface area contributed by atoms with Gasteiger partial charge in [-0.2, -0.15) is 5.26 Å². The highest BCUT2D eigenvalue weighted by molar-refractivity contribution is 6.07. The van der Waals surface area contributed by atoms with Crippen molar-refractivity contribution in [3.63, 3.8) is 0 Å². The van der Waals surface area contributed by atoms with Crippen molar-refractivity contribution < 1.29 is 18.4 Å². The fourth-order valence-electron chi connectivity index (χ4n) is 2.14. The molecule has 0 aliphatic carbocycles. The predicted molar refractivity (Wildman–Crippen MR) is 72.6 cm³/mol. The molecule has 2 N–H and O–H groups in total. The van der Waals surface area contributed by atoms with Crippen molar-refractivity contribution >= 4 is 17.1 Å². The molecule has 0 saturated heterocycles. The first-order valence-corrected chi connectivity index (χ1v) is 6.38. The standard InChI is InChI=1S/C14H10N4O4/c1-2-20-14(19)11-10-9(8-4-3-5-21-8)7(6-15)12(16)22-13(10)18-17-11/h3-5,16H,2H2,1H3,(H,17,18). The summed E-state index contributed by atoms with van der Waals surface area (Å²) in [6, 6.07) is 5.16. The van der Waals surface area contributed by atoms with Gasteiger partial charge in [0.1, 0.15) is 17.4 Å². The van der Waals surface area contributed by atoms with Crippen LogP contribution < -0.4 is 5.55 Å². The van der Waals surface area contributed by atoms with Crippen molar-refractivity contribution in [1.82, 2.24) is 10.2 Å². The van der Waals surface area contributed by atoms with Gasteiger partial charge in [0.15, 0.2) is 5.69 Å². The normalized spacial score (nSPS) is 10.5. The lowest BCUT2D eigenvalue weighted by molar-refractivity contribution is 0.0521. The second-order valence-electron chi connectivity index (χ2n) is 4.27. The average Bonchev–Trinajstić information content (AvgIpc) is 3.15. The summed E-state index contributed by atoms with van der Waals surface area (Å²) in [6.07, 6.45) is 1.43. The lowest BCUT2D eigenvalue weighted by atomic mass is 10.0. The number of rotatable bonds is 3. The van der Waals surface area contributed by atoms with Crippen molar-refractivity contribution in [1.29, 1.82) is 10.7 Å². The Kier molecular flexibility index (Phi) is 3.23. The van der Waals surface area contributed by atoms with E-state index in [1.807, 2.05) is 6.07 Å². The molecule has 0 aliphatic rings. The molecule has 0 unspecified atom stereocenters. The number of hydrogen-bond donors (Lipinski definition) is 2. The lowest BCUT2D eigenvalue weighted by Crippen LogP contribution is -2.09. The van der Waals surface area contributed by atoms with Crippen molar-refractivity contribution in [3.05, 3.63) is 35.2 Å². The molecule has 110 valence electrons. The van der Waals surface area contributed by atoms with E-state index in [0.717, 1.165) is 0 Å². The number of nitriles is 1. The van der Waals surface area contributed by atoms with Gasteiger partial charge in [0.2, 0.25) is 11.3 Å². The molecule has 0 atom stereocenters. The van der Waals surface area contributed by atoms with Crippen molar-refractivity contribution in [2.75, 3.05) is 6.61 Å². The topological polar surface area (TPSA) is 129 Å². The van der Waals surface area contributed by atoms with Crippen molar-refractivity contribution in [3.8, 4) is 17.4 Å². The van der Waals surface area contributed by atoms with Crippen LogP contribution in [0, 0.1) is 16.7 Å². The molecule has 3 rings (SSSR count). The number of hydrogen-bond acceptors (Lipinski definition) is 7. The fourth-order valence-corrected chi connectivity index (χ4v) is 2.14. The number of aromatic amines is 1. The van der Waals surface area contributed by atoms with Gasteiger partial charge in [-0.15, -0.1) is 5.10 Å².